The molecule has 0 aliphatic rings. The van der Waals surface area contributed by atoms with Crippen LogP contribution in [-0.2, 0) is 11.3 Å². The third kappa shape index (κ3) is 6.24. The first-order chi connectivity index (χ1) is 8.86. The summed E-state index contributed by atoms with van der Waals surface area (Å²) in [6.45, 7) is 3.50. The molecular weight excluding hydrogens is 230 g/mol. The molecule has 2 N–H and O–H groups in total. The summed E-state index contributed by atoms with van der Waals surface area (Å²) in [5.41, 5.74) is 0. The summed E-state index contributed by atoms with van der Waals surface area (Å²) in [6, 6.07) is 0. The third-order valence-electron chi connectivity index (χ3n) is 2.49. The molecular formula is C12H23N5O. The second-order valence-electron chi connectivity index (χ2n) is 3.93. The van der Waals surface area contributed by atoms with Gasteiger partial charge in [-0.1, -0.05) is 0 Å². The molecule has 6 nitrogen and oxygen atoms in total. The zero-order chi connectivity index (χ0) is 13.1. The van der Waals surface area contributed by atoms with E-state index in [0.717, 1.165) is 45.0 Å². The highest BCUT2D eigenvalue weighted by atomic mass is 16.5. The van der Waals surface area contributed by atoms with Gasteiger partial charge >= 0.3 is 0 Å². The highest BCUT2D eigenvalue weighted by Gasteiger charge is 1.96. The minimum absolute atomic E-state index is 0.768. The van der Waals surface area contributed by atoms with E-state index in [1.807, 2.05) is 12.5 Å². The van der Waals surface area contributed by atoms with Crippen molar-refractivity contribution in [2.45, 2.75) is 19.4 Å². The van der Waals surface area contributed by atoms with Gasteiger partial charge in [0.25, 0.3) is 0 Å². The molecule has 0 unspecified atom stereocenters. The summed E-state index contributed by atoms with van der Waals surface area (Å²) >= 11 is 0. The van der Waals surface area contributed by atoms with E-state index < -0.39 is 0 Å². The van der Waals surface area contributed by atoms with Crippen LogP contribution in [0.4, 0.5) is 0 Å². The first-order valence-corrected chi connectivity index (χ1v) is 6.26. The van der Waals surface area contributed by atoms with Gasteiger partial charge in [-0.25, -0.2) is 4.98 Å². The molecule has 1 aromatic heterocycles. The predicted molar refractivity (Wildman–Crippen MR) is 72.7 cm³/mol. The Morgan fingerprint density at radius 3 is 2.72 bits per heavy atom. The van der Waals surface area contributed by atoms with Crippen molar-refractivity contribution in [2.75, 3.05) is 33.9 Å². The number of nitrogens with one attached hydrogen (secondary N) is 2. The summed E-state index contributed by atoms with van der Waals surface area (Å²) in [7, 11) is 3.49. The van der Waals surface area contributed by atoms with Gasteiger partial charge in [0.1, 0.15) is 0 Å². The summed E-state index contributed by atoms with van der Waals surface area (Å²) in [5.74, 6) is 0.844. The molecule has 1 aromatic rings. The van der Waals surface area contributed by atoms with Crippen molar-refractivity contribution in [2.24, 2.45) is 4.99 Å². The summed E-state index contributed by atoms with van der Waals surface area (Å²) in [6.07, 6.45) is 7.61. The van der Waals surface area contributed by atoms with E-state index in [2.05, 4.69) is 25.2 Å². The van der Waals surface area contributed by atoms with Gasteiger partial charge in [-0.15, -0.1) is 0 Å². The Balaban J connectivity index is 2.05. The zero-order valence-electron chi connectivity index (χ0n) is 11.2. The Hall–Kier alpha value is -1.56. The number of hydrogen-bond acceptors (Lipinski definition) is 3. The number of hydrogen-bond donors (Lipinski definition) is 2. The molecule has 0 atom stereocenters. The average Bonchev–Trinajstić information content (AvgIpc) is 2.90. The van der Waals surface area contributed by atoms with Crippen molar-refractivity contribution in [3.8, 4) is 0 Å². The van der Waals surface area contributed by atoms with Crippen molar-refractivity contribution in [1.82, 2.24) is 20.2 Å². The fourth-order valence-electron chi connectivity index (χ4n) is 1.53. The number of nitrogens with zero attached hydrogens (tertiary/aromatic N) is 3. The first-order valence-electron chi connectivity index (χ1n) is 6.26. The topological polar surface area (TPSA) is 63.5 Å². The summed E-state index contributed by atoms with van der Waals surface area (Å²) in [5, 5.41) is 6.51. The Bertz CT molecular complexity index is 323. The van der Waals surface area contributed by atoms with Gasteiger partial charge in [0.2, 0.25) is 0 Å². The molecule has 0 aromatic carbocycles. The van der Waals surface area contributed by atoms with E-state index in [1.54, 1.807) is 20.4 Å². The van der Waals surface area contributed by atoms with Crippen LogP contribution in [0, 0.1) is 0 Å². The lowest BCUT2D eigenvalue weighted by Crippen LogP contribution is -2.38. The summed E-state index contributed by atoms with van der Waals surface area (Å²) in [4.78, 5) is 8.16. The lowest BCUT2D eigenvalue weighted by atomic mass is 10.4. The second kappa shape index (κ2) is 9.47. The Morgan fingerprint density at radius 2 is 2.11 bits per heavy atom. The number of aryl methyl sites for hydroxylation is 1. The van der Waals surface area contributed by atoms with Crippen molar-refractivity contribution in [3.05, 3.63) is 18.7 Å². The largest absolute Gasteiger partial charge is 0.385 e. The number of aromatic nitrogens is 2. The van der Waals surface area contributed by atoms with Gasteiger partial charge in [-0.3, -0.25) is 4.99 Å². The standard InChI is InChI=1S/C12H23N5O/c1-13-12(16-6-4-10-18-2)15-5-3-8-17-9-7-14-11-17/h7,9,11H,3-6,8,10H2,1-2H3,(H2,13,15,16). The smallest absolute Gasteiger partial charge is 0.190 e. The lowest BCUT2D eigenvalue weighted by molar-refractivity contribution is 0.195. The number of rotatable bonds is 8. The average molecular weight is 253 g/mol. The van der Waals surface area contributed by atoms with Crippen molar-refractivity contribution >= 4 is 5.96 Å². The molecule has 0 bridgehead atoms. The van der Waals surface area contributed by atoms with Crippen LogP contribution in [0.2, 0.25) is 0 Å². The van der Waals surface area contributed by atoms with E-state index in [-0.39, 0.29) is 0 Å². The molecule has 0 saturated carbocycles. The van der Waals surface area contributed by atoms with Crippen molar-refractivity contribution in [1.29, 1.82) is 0 Å². The SMILES string of the molecule is CN=C(NCCCOC)NCCCn1ccnc1. The van der Waals surface area contributed by atoms with E-state index in [1.165, 1.54) is 0 Å². The first kappa shape index (κ1) is 14.5. The van der Waals surface area contributed by atoms with Crippen LogP contribution in [0.25, 0.3) is 0 Å². The normalized spacial score (nSPS) is 11.6. The molecule has 0 saturated heterocycles. The summed E-state index contributed by atoms with van der Waals surface area (Å²) < 4.78 is 7.05. The minimum Gasteiger partial charge on any atom is -0.385 e. The third-order valence-corrected chi connectivity index (χ3v) is 2.49. The maximum absolute atomic E-state index is 4.99. The molecule has 0 amide bonds. The monoisotopic (exact) mass is 253 g/mol. The van der Waals surface area contributed by atoms with Crippen LogP contribution in [0.5, 0.6) is 0 Å². The number of aliphatic imine (C=N–C) groups is 1. The number of guanidine groups is 1. The van der Waals surface area contributed by atoms with Crippen LogP contribution in [0.1, 0.15) is 12.8 Å². The van der Waals surface area contributed by atoms with Gasteiger partial charge in [-0.2, -0.15) is 0 Å². The molecule has 6 heteroatoms. The fraction of sp³-hybridized carbons (Fsp3) is 0.667. The predicted octanol–water partition coefficient (Wildman–Crippen LogP) is 0.475. The van der Waals surface area contributed by atoms with Crippen LogP contribution < -0.4 is 10.6 Å². The van der Waals surface area contributed by atoms with E-state index in [4.69, 9.17) is 4.74 Å². The molecule has 1 heterocycles. The number of ether oxygens (including phenoxy) is 1. The fourth-order valence-corrected chi connectivity index (χ4v) is 1.53. The Kier molecular flexibility index (Phi) is 7.63. The number of methoxy groups -OCH3 is 1. The molecule has 0 aliphatic carbocycles. The van der Waals surface area contributed by atoms with Gasteiger partial charge in [0.05, 0.1) is 6.33 Å². The van der Waals surface area contributed by atoms with E-state index in [9.17, 15) is 0 Å². The molecule has 0 aliphatic heterocycles. The minimum atomic E-state index is 0.768. The maximum atomic E-state index is 4.99. The van der Waals surface area contributed by atoms with Gasteiger partial charge in [0.15, 0.2) is 5.96 Å². The van der Waals surface area contributed by atoms with E-state index >= 15 is 0 Å². The molecule has 102 valence electrons. The van der Waals surface area contributed by atoms with Gasteiger partial charge in [-0.05, 0) is 12.8 Å². The van der Waals surface area contributed by atoms with Gasteiger partial charge < -0.3 is 19.9 Å². The Morgan fingerprint density at radius 1 is 1.33 bits per heavy atom. The maximum Gasteiger partial charge on any atom is 0.190 e. The quantitative estimate of drug-likeness (QED) is 0.402. The van der Waals surface area contributed by atoms with Gasteiger partial charge in [0, 0.05) is 52.8 Å². The Labute approximate surface area is 108 Å². The molecule has 0 fully saturated rings. The molecule has 0 spiro atoms. The van der Waals surface area contributed by atoms with Crippen molar-refractivity contribution in [3.63, 3.8) is 0 Å². The molecule has 18 heavy (non-hydrogen) atoms. The van der Waals surface area contributed by atoms with Crippen LogP contribution in [0.15, 0.2) is 23.7 Å². The van der Waals surface area contributed by atoms with E-state index in [0.29, 0.717) is 0 Å². The highest BCUT2D eigenvalue weighted by Crippen LogP contribution is 1.89. The zero-order valence-corrected chi connectivity index (χ0v) is 11.2. The van der Waals surface area contributed by atoms with Crippen LogP contribution in [0.3, 0.4) is 0 Å². The van der Waals surface area contributed by atoms with Crippen molar-refractivity contribution < 1.29 is 4.74 Å². The molecule has 0 radical (unpaired) electrons. The van der Waals surface area contributed by atoms with Crippen LogP contribution >= 0.6 is 0 Å². The highest BCUT2D eigenvalue weighted by molar-refractivity contribution is 5.79. The lowest BCUT2D eigenvalue weighted by Gasteiger charge is -2.11. The number of imidazole rings is 1. The second-order valence-corrected chi connectivity index (χ2v) is 3.93. The molecule has 1 rings (SSSR count). The van der Waals surface area contributed by atoms with Crippen LogP contribution in [-0.4, -0.2) is 49.4 Å².